The van der Waals surface area contributed by atoms with Crippen LogP contribution in [0.3, 0.4) is 0 Å². The van der Waals surface area contributed by atoms with Crippen LogP contribution < -0.4 is 51.0 Å². The van der Waals surface area contributed by atoms with E-state index in [1.54, 1.807) is 6.92 Å². The van der Waals surface area contributed by atoms with Gasteiger partial charge in [0, 0.05) is 36.4 Å². The van der Waals surface area contributed by atoms with Gasteiger partial charge in [-0.05, 0) is 61.1 Å². The van der Waals surface area contributed by atoms with E-state index in [0.717, 1.165) is 56.1 Å². The number of pyridine rings is 5. The van der Waals surface area contributed by atoms with Crippen LogP contribution in [-0.2, 0) is 14.2 Å². The molecular formula is C50H69BBrCl2F5N19O9S. The van der Waals surface area contributed by atoms with E-state index in [-0.39, 0.29) is 129 Å². The van der Waals surface area contributed by atoms with Gasteiger partial charge in [0.05, 0.1) is 86.4 Å². The second-order valence-corrected chi connectivity index (χ2v) is 17.9. The number of thiol groups is 1. The van der Waals surface area contributed by atoms with Crippen LogP contribution >= 0.6 is 52.8 Å². The van der Waals surface area contributed by atoms with Gasteiger partial charge in [-0.1, -0.05) is 34.1 Å². The van der Waals surface area contributed by atoms with Crippen molar-refractivity contribution in [2.24, 2.45) is 15.8 Å². The molecule has 0 fully saturated rings. The van der Waals surface area contributed by atoms with Gasteiger partial charge in [-0.3, -0.25) is 15.2 Å². The number of hydrogen-bond acceptors (Lipinski definition) is 27. The number of aliphatic hydroxyl groups excluding tert-OH is 2. The average Bonchev–Trinajstić information content (AvgIpc) is 3.07. The average molecular weight is 1370 g/mol. The number of carbonyl (C=O) groups excluding carboxylic acids is 3. The Balaban J connectivity index is -0.000000977. The monoisotopic (exact) mass is 1370 g/mol. The van der Waals surface area contributed by atoms with E-state index in [1.807, 2.05) is 6.92 Å². The van der Waals surface area contributed by atoms with Crippen LogP contribution in [-0.4, -0.2) is 133 Å². The number of nitrogens with zero attached hydrogens (tertiary/aromatic N) is 9. The van der Waals surface area contributed by atoms with Crippen molar-refractivity contribution < 1.29 is 60.8 Å². The molecule has 0 amide bonds. The van der Waals surface area contributed by atoms with Crippen molar-refractivity contribution in [1.82, 2.24) is 44.9 Å². The van der Waals surface area contributed by atoms with Crippen LogP contribution in [0.5, 0.6) is 0 Å². The molecule has 38 heteroatoms. The molecule has 7 rings (SSSR count). The summed E-state index contributed by atoms with van der Waals surface area (Å²) in [7, 11) is 7.94. The molecule has 0 aliphatic carbocycles. The number of ether oxygens (including phenoxy) is 3. The van der Waals surface area contributed by atoms with E-state index in [9.17, 15) is 46.2 Å². The van der Waals surface area contributed by atoms with Crippen LogP contribution in [0.2, 0.25) is 0 Å². The first-order chi connectivity index (χ1) is 40.3. The molecule has 0 bridgehead atoms. The number of carbonyl (C=O) groups is 3. The molecule has 0 aliphatic heterocycles. The van der Waals surface area contributed by atoms with Gasteiger partial charge in [0.25, 0.3) is 5.56 Å². The van der Waals surface area contributed by atoms with Gasteiger partial charge in [0.15, 0.2) is 39.5 Å². The van der Waals surface area contributed by atoms with Crippen molar-refractivity contribution in [2.45, 2.75) is 79.8 Å². The topological polar surface area (TPSA) is 486 Å². The van der Waals surface area contributed by atoms with E-state index >= 15 is 0 Å². The summed E-state index contributed by atoms with van der Waals surface area (Å²) in [6.07, 6.45) is 4.58. The fraction of sp³-hybridized carbons (Fsp3) is 0.340. The SMILES string of the molecule is C.CCC[C@@H](CO)Nc1nc(N)nc2cc(F)c(C)nc12.CCC[C@H](N)CO.COC(=O)c1nc(Br)c(F)cc1N.COC(=O)c1nc(C)c(F)cc1N.COC(=O)c1ncc(F)cc1N.Cc1nc2c(=O)[nH]c(N)nc2cc1F.Cl.N=C(N)Cl.[B]=NS. The van der Waals surface area contributed by atoms with E-state index in [1.165, 1.54) is 41.2 Å². The molecule has 2 atom stereocenters. The van der Waals surface area contributed by atoms with E-state index in [0.29, 0.717) is 16.9 Å². The molecule has 0 saturated heterocycles. The molecular weight excluding hydrogens is 1300 g/mol. The zero-order valence-electron chi connectivity index (χ0n) is 47.8. The summed E-state index contributed by atoms with van der Waals surface area (Å²) in [6, 6.07) is 5.35. The Bertz CT molecular complexity index is 3400. The number of aromatic amines is 1. The number of hydrogen-bond donors (Lipinski definition) is 13. The van der Waals surface area contributed by atoms with E-state index in [4.69, 9.17) is 44.9 Å². The van der Waals surface area contributed by atoms with Crippen LogP contribution in [0.25, 0.3) is 22.1 Å². The number of aryl methyl sites for hydroxylation is 3. The standard InChI is InChI=1S/C13H18FN5O.C8H7FN4O.C8H9FN2O2.C7H6BrFN2O2.C7H7FN2O2.C5H13NO.CH3ClN2.CH4.BHNS.ClH/c1-3-4-8(6-20)17-12-11-10(18-13(15)19-12)5-9(14)7(2)16-11;1-3-4(9)2-5-6(11-3)7(14)13-8(10)12-5;1-4-5(9)3-6(10)7(11-4)8(12)13-2;1-13-7(12)5-4(10)2-3(9)6(8)11-5;1-12-7(11)6-5(9)2-4(8)3-10-6;1-2-3-5(6)4-7;2-1(3)4;;1-2-3;/h5,8,20H,3-4,6H2,1-2H3,(H3,15,17,18,19);2H,1H3,(H3,10,12,13,14);3H,10H2,1-2H3;2H,10H2,1H3;2-3H,9H2,1H3;5,7H,2-4,6H2,1H3;(H3,3,4);1H4;3H;1H/t8-;;;;;5-;;;;/m0....0..../s1. The predicted octanol–water partition coefficient (Wildman–Crippen LogP) is 6.28. The van der Waals surface area contributed by atoms with Crippen molar-refractivity contribution in [3.8, 4) is 0 Å². The summed E-state index contributed by atoms with van der Waals surface area (Å²) in [5, 5.41) is 26.5. The summed E-state index contributed by atoms with van der Waals surface area (Å²) < 4.78 is 80.4. The Kier molecular flexibility index (Phi) is 41.3. The third-order valence-corrected chi connectivity index (χ3v) is 10.5. The van der Waals surface area contributed by atoms with E-state index < -0.39 is 52.6 Å². The fourth-order valence-electron chi connectivity index (χ4n) is 5.94. The Labute approximate surface area is 527 Å². The van der Waals surface area contributed by atoms with Crippen LogP contribution in [0.1, 0.15) is 95.5 Å². The number of anilines is 6. The molecule has 7 aromatic rings. The molecule has 483 valence electrons. The minimum atomic E-state index is -0.696. The van der Waals surface area contributed by atoms with Crippen molar-refractivity contribution in [3.05, 3.63) is 115 Å². The molecule has 0 unspecified atom stereocenters. The molecule has 88 heavy (non-hydrogen) atoms. The Morgan fingerprint density at radius 1 is 0.727 bits per heavy atom. The molecule has 0 aliphatic rings. The maximum atomic E-state index is 13.5. The molecule has 0 aromatic carbocycles. The van der Waals surface area contributed by atoms with Gasteiger partial charge in [-0.15, -0.1) is 12.4 Å². The van der Waals surface area contributed by atoms with Gasteiger partial charge >= 0.3 is 42.7 Å². The number of aliphatic hydroxyl groups is 2. The number of aromatic nitrogens is 9. The first kappa shape index (κ1) is 83.9. The number of rotatable bonds is 11. The number of H-pyrrole nitrogens is 1. The quantitative estimate of drug-likeness (QED) is 0.00779. The minimum absolute atomic E-state index is 0. The van der Waals surface area contributed by atoms with Crippen molar-refractivity contribution in [1.29, 1.82) is 5.41 Å². The predicted molar refractivity (Wildman–Crippen MR) is 336 cm³/mol. The van der Waals surface area contributed by atoms with Crippen molar-refractivity contribution >= 4 is 140 Å². The second-order valence-electron chi connectivity index (χ2n) is 16.5. The third-order valence-electron chi connectivity index (χ3n) is 9.90. The second kappa shape index (κ2) is 43.4. The summed E-state index contributed by atoms with van der Waals surface area (Å²) in [4.78, 5) is 77.0. The summed E-state index contributed by atoms with van der Waals surface area (Å²) in [6.45, 7) is 8.66. The van der Waals surface area contributed by atoms with Crippen molar-refractivity contribution in [3.63, 3.8) is 0 Å². The van der Waals surface area contributed by atoms with Crippen LogP contribution in [0.15, 0.2) is 50.2 Å². The van der Waals surface area contributed by atoms with Gasteiger partial charge in [-0.2, -0.15) is 4.98 Å². The number of methoxy groups -OCH3 is 3. The summed E-state index contributed by atoms with van der Waals surface area (Å²) in [5.41, 5.74) is 37.5. The first-order valence-electron chi connectivity index (χ1n) is 24.3. The Hall–Kier alpha value is -8.29. The normalized spacial score (nSPS) is 10.3. The Morgan fingerprint density at radius 2 is 1.15 bits per heavy atom. The van der Waals surface area contributed by atoms with Crippen molar-refractivity contribution in [2.75, 3.05) is 68.5 Å². The molecule has 19 N–H and O–H groups in total. The number of halogens is 8. The van der Waals surface area contributed by atoms with Gasteiger partial charge in [-0.25, -0.2) is 71.2 Å². The number of nitrogen functional groups attached to an aromatic ring is 5. The molecule has 7 aromatic heterocycles. The molecule has 28 nitrogen and oxygen atoms in total. The summed E-state index contributed by atoms with van der Waals surface area (Å²) >= 11 is 10.7. The number of nitrogens with one attached hydrogen (secondary N) is 3. The van der Waals surface area contributed by atoms with Gasteiger partial charge in [0.2, 0.25) is 11.9 Å². The zero-order valence-corrected chi connectivity index (χ0v) is 51.8. The van der Waals surface area contributed by atoms with Gasteiger partial charge in [0.1, 0.15) is 38.9 Å². The van der Waals surface area contributed by atoms with Crippen LogP contribution in [0.4, 0.5) is 56.7 Å². The van der Waals surface area contributed by atoms with E-state index in [2.05, 4.69) is 129 Å². The summed E-state index contributed by atoms with van der Waals surface area (Å²) in [5.74, 6) is -4.31. The number of fused-ring (bicyclic) bond motifs is 2. The van der Waals surface area contributed by atoms with Gasteiger partial charge < -0.3 is 69.9 Å². The fourth-order valence-corrected chi connectivity index (χ4v) is 6.23. The number of nitrogens with two attached hydrogens (primary N) is 7. The molecule has 0 saturated carbocycles. The van der Waals surface area contributed by atoms with Crippen LogP contribution in [0, 0.1) is 55.3 Å². The molecule has 0 spiro atoms. The number of esters is 3. The third kappa shape index (κ3) is 29.4. The zero-order chi connectivity index (χ0) is 66.1. The Morgan fingerprint density at radius 3 is 1.59 bits per heavy atom. The first-order valence-corrected chi connectivity index (χ1v) is 25.8. The number of amidine groups is 1. The molecule has 1 radical (unpaired) electrons. The maximum absolute atomic E-state index is 13.5. The molecule has 7 heterocycles.